The van der Waals surface area contributed by atoms with Crippen LogP contribution in [-0.2, 0) is 38.7 Å². The van der Waals surface area contributed by atoms with E-state index in [1.165, 1.54) is 6.07 Å². The van der Waals surface area contributed by atoms with Gasteiger partial charge in [0.2, 0.25) is 0 Å². The highest BCUT2D eigenvalue weighted by atomic mass is 79.9. The average Bonchev–Trinajstić information content (AvgIpc) is 2.75. The number of carbonyl (C=O) groups is 3. The van der Waals surface area contributed by atoms with E-state index in [0.29, 0.717) is 10.9 Å². The van der Waals surface area contributed by atoms with E-state index in [2.05, 4.69) is 15.9 Å². The van der Waals surface area contributed by atoms with E-state index >= 15 is 0 Å². The molecule has 178 valence electrons. The summed E-state index contributed by atoms with van der Waals surface area (Å²) in [6.07, 6.45) is 0.0370. The van der Waals surface area contributed by atoms with E-state index in [-0.39, 0.29) is 40.9 Å². The number of ether oxygens (including phenoxy) is 1. The van der Waals surface area contributed by atoms with Crippen LogP contribution in [0.1, 0.15) is 16.7 Å². The average molecular weight is 534 g/mol. The van der Waals surface area contributed by atoms with Crippen molar-refractivity contribution in [1.29, 1.82) is 0 Å². The number of fused-ring (bicyclic) bond motifs is 1. The van der Waals surface area contributed by atoms with Gasteiger partial charge in [-0.25, -0.2) is 4.79 Å². The lowest BCUT2D eigenvalue weighted by molar-refractivity contribution is -0.144. The van der Waals surface area contributed by atoms with Crippen LogP contribution in [0.15, 0.2) is 56.1 Å². The molecule has 0 radical (unpaired) electrons. The Kier molecular flexibility index (Phi) is 8.03. The molecule has 0 amide bonds. The summed E-state index contributed by atoms with van der Waals surface area (Å²) in [5.74, 6) is -3.39. The second-order valence-corrected chi connectivity index (χ2v) is 8.26. The van der Waals surface area contributed by atoms with Gasteiger partial charge < -0.3 is 24.5 Å². The van der Waals surface area contributed by atoms with Gasteiger partial charge in [-0.1, -0.05) is 30.3 Å². The first-order valence-electron chi connectivity index (χ1n) is 9.96. The molecule has 0 bridgehead atoms. The van der Waals surface area contributed by atoms with Crippen LogP contribution >= 0.6 is 15.9 Å². The maximum atomic E-state index is 12.3. The van der Waals surface area contributed by atoms with Crippen LogP contribution in [0.25, 0.3) is 11.0 Å². The van der Waals surface area contributed by atoms with Crippen LogP contribution in [0.5, 0.6) is 5.75 Å². The molecule has 0 unspecified atom stereocenters. The van der Waals surface area contributed by atoms with Crippen molar-refractivity contribution in [3.05, 3.63) is 74.0 Å². The minimum Gasteiger partial charge on any atom is -0.506 e. The summed E-state index contributed by atoms with van der Waals surface area (Å²) in [6.45, 7) is -1.83. The van der Waals surface area contributed by atoms with Gasteiger partial charge in [0.25, 0.3) is 0 Å². The zero-order valence-corrected chi connectivity index (χ0v) is 19.3. The lowest BCUT2D eigenvalue weighted by atomic mass is 10.0. The van der Waals surface area contributed by atoms with Gasteiger partial charge in [0.15, 0.2) is 0 Å². The number of phenolic OH excluding ortho intramolecular Hbond substituents is 1. The van der Waals surface area contributed by atoms with Gasteiger partial charge >= 0.3 is 23.5 Å². The van der Waals surface area contributed by atoms with E-state index < -0.39 is 36.6 Å². The highest BCUT2D eigenvalue weighted by molar-refractivity contribution is 9.10. The predicted molar refractivity (Wildman–Crippen MR) is 122 cm³/mol. The molecule has 10 nitrogen and oxygen atoms in total. The topological polar surface area (TPSA) is 155 Å². The van der Waals surface area contributed by atoms with Crippen molar-refractivity contribution in [2.24, 2.45) is 0 Å². The smallest absolute Gasteiger partial charge is 0.336 e. The predicted octanol–water partition coefficient (Wildman–Crippen LogP) is 2.52. The fourth-order valence-corrected chi connectivity index (χ4v) is 3.86. The van der Waals surface area contributed by atoms with Crippen LogP contribution in [0.3, 0.4) is 0 Å². The van der Waals surface area contributed by atoms with Crippen molar-refractivity contribution in [3.8, 4) is 5.75 Å². The molecule has 0 saturated heterocycles. The first-order chi connectivity index (χ1) is 16.1. The number of phenols is 1. The molecule has 3 rings (SSSR count). The van der Waals surface area contributed by atoms with Gasteiger partial charge in [0, 0.05) is 23.6 Å². The Morgan fingerprint density at radius 1 is 1.03 bits per heavy atom. The molecule has 11 heteroatoms. The Hall–Kier alpha value is -3.70. The first-order valence-corrected chi connectivity index (χ1v) is 10.8. The van der Waals surface area contributed by atoms with Gasteiger partial charge in [-0.2, -0.15) is 0 Å². The van der Waals surface area contributed by atoms with E-state index in [9.17, 15) is 24.3 Å². The monoisotopic (exact) mass is 533 g/mol. The molecule has 0 saturated carbocycles. The number of carboxylic acid groups (broad SMARTS) is 2. The molecule has 0 fully saturated rings. The summed E-state index contributed by atoms with van der Waals surface area (Å²) in [7, 11) is 0. The molecular weight excluding hydrogens is 514 g/mol. The summed E-state index contributed by atoms with van der Waals surface area (Å²) in [5.41, 5.74) is 0.228. The minimum atomic E-state index is -1.27. The summed E-state index contributed by atoms with van der Waals surface area (Å²) >= 11 is 3.21. The molecule has 0 aliphatic carbocycles. The van der Waals surface area contributed by atoms with Crippen LogP contribution < -0.4 is 5.63 Å². The largest absolute Gasteiger partial charge is 0.506 e. The SMILES string of the molecule is O=C(O)CN(CC(=O)O)Cc1c(O)c(Br)cc2c(COC(=O)Cc3ccccc3)cc(=O)oc12. The number of hydrogen-bond donors (Lipinski definition) is 3. The van der Waals surface area contributed by atoms with Crippen molar-refractivity contribution < 1.29 is 38.9 Å². The van der Waals surface area contributed by atoms with Gasteiger partial charge in [-0.3, -0.25) is 19.3 Å². The van der Waals surface area contributed by atoms with Crippen LogP contribution in [0.2, 0.25) is 0 Å². The fraction of sp³-hybridized carbons (Fsp3) is 0.217. The third kappa shape index (κ3) is 6.42. The molecule has 2 aromatic carbocycles. The highest BCUT2D eigenvalue weighted by Gasteiger charge is 2.22. The molecule has 1 heterocycles. The lowest BCUT2D eigenvalue weighted by Gasteiger charge is -2.20. The first kappa shape index (κ1) is 24.9. The Labute approximate surface area is 201 Å². The van der Waals surface area contributed by atoms with Crippen LogP contribution in [-0.4, -0.2) is 51.2 Å². The Morgan fingerprint density at radius 2 is 1.68 bits per heavy atom. The lowest BCUT2D eigenvalue weighted by Crippen LogP contribution is -2.34. The highest BCUT2D eigenvalue weighted by Crippen LogP contribution is 2.36. The van der Waals surface area contributed by atoms with Gasteiger partial charge in [-0.15, -0.1) is 0 Å². The van der Waals surface area contributed by atoms with Crippen molar-refractivity contribution in [2.45, 2.75) is 19.6 Å². The van der Waals surface area contributed by atoms with E-state index in [0.717, 1.165) is 16.5 Å². The maximum absolute atomic E-state index is 12.3. The van der Waals surface area contributed by atoms with Crippen molar-refractivity contribution >= 4 is 44.8 Å². The number of esters is 1. The quantitative estimate of drug-likeness (QED) is 0.261. The number of halogens is 1. The molecule has 1 aromatic heterocycles. The van der Waals surface area contributed by atoms with Gasteiger partial charge in [-0.05, 0) is 27.6 Å². The van der Waals surface area contributed by atoms with Crippen LogP contribution in [0, 0.1) is 0 Å². The zero-order chi connectivity index (χ0) is 24.8. The molecule has 0 aliphatic heterocycles. The fourth-order valence-electron chi connectivity index (χ4n) is 3.39. The standard InChI is InChI=1S/C23H20BrNO9/c24-17-8-15-14(12-33-20(30)6-13-4-2-1-3-5-13)7-21(31)34-23(15)16(22(17)32)9-25(10-18(26)27)11-19(28)29/h1-5,7-8,32H,6,9-12H2,(H,26,27)(H,28,29). The van der Waals surface area contributed by atoms with Gasteiger partial charge in [0.05, 0.1) is 29.5 Å². The normalized spacial score (nSPS) is 11.0. The van der Waals surface area contributed by atoms with E-state index in [1.54, 1.807) is 24.3 Å². The molecule has 0 aliphatic rings. The summed E-state index contributed by atoms with van der Waals surface area (Å²) in [5, 5.41) is 29.1. The van der Waals surface area contributed by atoms with Gasteiger partial charge in [0.1, 0.15) is 17.9 Å². The molecule has 0 atom stereocenters. The van der Waals surface area contributed by atoms with Crippen molar-refractivity contribution in [1.82, 2.24) is 4.90 Å². The molecule has 3 aromatic rings. The minimum absolute atomic E-state index is 0.0152. The van der Waals surface area contributed by atoms with E-state index in [4.69, 9.17) is 19.4 Å². The number of carboxylic acids is 2. The van der Waals surface area contributed by atoms with Crippen molar-refractivity contribution in [3.63, 3.8) is 0 Å². The Morgan fingerprint density at radius 3 is 2.29 bits per heavy atom. The van der Waals surface area contributed by atoms with Crippen molar-refractivity contribution in [2.75, 3.05) is 13.1 Å². The Balaban J connectivity index is 1.94. The number of nitrogens with zero attached hydrogens (tertiary/aromatic N) is 1. The number of aliphatic carboxylic acids is 2. The maximum Gasteiger partial charge on any atom is 0.336 e. The number of rotatable bonds is 10. The Bertz CT molecular complexity index is 1270. The molecule has 0 spiro atoms. The second kappa shape index (κ2) is 10.9. The van der Waals surface area contributed by atoms with Crippen LogP contribution in [0.4, 0.5) is 0 Å². The summed E-state index contributed by atoms with van der Waals surface area (Å²) < 4.78 is 10.8. The number of aromatic hydroxyl groups is 1. The zero-order valence-electron chi connectivity index (χ0n) is 17.7. The number of hydrogen-bond acceptors (Lipinski definition) is 8. The summed E-state index contributed by atoms with van der Waals surface area (Å²) in [6, 6.07) is 11.6. The van der Waals surface area contributed by atoms with E-state index in [1.807, 2.05) is 6.07 Å². The third-order valence-corrected chi connectivity index (χ3v) is 5.43. The molecule has 3 N–H and O–H groups in total. The second-order valence-electron chi connectivity index (χ2n) is 7.41. The number of benzene rings is 2. The molecule has 34 heavy (non-hydrogen) atoms. The third-order valence-electron chi connectivity index (χ3n) is 4.82. The summed E-state index contributed by atoms with van der Waals surface area (Å²) in [4.78, 5) is 47.8. The molecular formula is C23H20BrNO9. The number of carbonyl (C=O) groups excluding carboxylic acids is 1.